The van der Waals surface area contributed by atoms with Crippen molar-refractivity contribution in [2.24, 2.45) is 0 Å². The molecule has 234 valence electrons. The average molecular weight is 670 g/mol. The lowest BCUT2D eigenvalue weighted by Crippen LogP contribution is -2.17. The third-order valence-electron chi connectivity index (χ3n) is 7.66. The summed E-state index contributed by atoms with van der Waals surface area (Å²) in [4.78, 5) is 52.7. The fourth-order valence-electron chi connectivity index (χ4n) is 5.16. The van der Waals surface area contributed by atoms with E-state index in [1.807, 2.05) is 24.3 Å². The van der Waals surface area contributed by atoms with Crippen LogP contribution in [0.5, 0.6) is 0 Å². The van der Waals surface area contributed by atoms with E-state index in [9.17, 15) is 19.2 Å². The number of carbonyl (C=O) groups is 4. The number of halogens is 2. The van der Waals surface area contributed by atoms with E-state index in [-0.39, 0.29) is 33.8 Å². The minimum absolute atomic E-state index is 0.260. The highest BCUT2D eigenvalue weighted by Gasteiger charge is 2.20. The summed E-state index contributed by atoms with van der Waals surface area (Å²) in [7, 11) is 0. The largest absolute Gasteiger partial charge is 0.322 e. The van der Waals surface area contributed by atoms with Crippen molar-refractivity contribution in [3.05, 3.63) is 189 Å². The van der Waals surface area contributed by atoms with Crippen molar-refractivity contribution < 1.29 is 19.2 Å². The Bertz CT molecular complexity index is 1990. The van der Waals surface area contributed by atoms with Gasteiger partial charge in [0.1, 0.15) is 0 Å². The second-order valence-electron chi connectivity index (χ2n) is 10.8. The van der Waals surface area contributed by atoms with Gasteiger partial charge in [-0.15, -0.1) is 0 Å². The predicted octanol–water partition coefficient (Wildman–Crippen LogP) is 9.63. The topological polar surface area (TPSA) is 92.3 Å². The quantitative estimate of drug-likeness (QED) is 0.150. The van der Waals surface area contributed by atoms with Crippen molar-refractivity contribution >= 4 is 58.0 Å². The first-order chi connectivity index (χ1) is 23.3. The second-order valence-corrected chi connectivity index (χ2v) is 11.7. The number of benzene rings is 6. The first-order valence-corrected chi connectivity index (χ1v) is 15.6. The maximum Gasteiger partial charge on any atom is 0.256 e. The molecule has 2 N–H and O–H groups in total. The molecule has 0 saturated carbocycles. The molecule has 0 aliphatic rings. The van der Waals surface area contributed by atoms with Gasteiger partial charge in [0.2, 0.25) is 0 Å². The Labute approximate surface area is 287 Å². The molecule has 2 amide bonds. The predicted molar refractivity (Wildman–Crippen MR) is 190 cm³/mol. The van der Waals surface area contributed by atoms with Crippen LogP contribution < -0.4 is 10.6 Å². The van der Waals surface area contributed by atoms with Crippen LogP contribution in [0, 0.1) is 0 Å². The van der Waals surface area contributed by atoms with Crippen LogP contribution in [-0.4, -0.2) is 23.4 Å². The molecular formula is C40H26Cl2N2O4. The molecule has 0 aromatic heterocycles. The minimum Gasteiger partial charge on any atom is -0.322 e. The summed E-state index contributed by atoms with van der Waals surface area (Å²) in [6.45, 7) is 0. The molecule has 6 aromatic rings. The van der Waals surface area contributed by atoms with Gasteiger partial charge in [-0.1, -0.05) is 83.9 Å². The molecular weight excluding hydrogens is 643 g/mol. The van der Waals surface area contributed by atoms with Gasteiger partial charge < -0.3 is 10.6 Å². The molecule has 6 nitrogen and oxygen atoms in total. The summed E-state index contributed by atoms with van der Waals surface area (Å²) in [5, 5.41) is 6.79. The summed E-state index contributed by atoms with van der Waals surface area (Å²) in [5.74, 6) is -1.36. The minimum atomic E-state index is -0.405. The maximum atomic E-state index is 13.2. The van der Waals surface area contributed by atoms with Crippen molar-refractivity contribution in [3.8, 4) is 11.1 Å². The van der Waals surface area contributed by atoms with E-state index in [0.29, 0.717) is 32.5 Å². The van der Waals surface area contributed by atoms with Gasteiger partial charge >= 0.3 is 0 Å². The average Bonchev–Trinajstić information content (AvgIpc) is 3.12. The van der Waals surface area contributed by atoms with E-state index in [0.717, 1.165) is 11.1 Å². The van der Waals surface area contributed by atoms with Gasteiger partial charge in [0.25, 0.3) is 11.8 Å². The molecule has 0 spiro atoms. The maximum absolute atomic E-state index is 13.2. The third-order valence-corrected chi connectivity index (χ3v) is 8.17. The standard InChI is InChI=1S/C40H26Cl2N2O4/c41-29-17-9-27(10-18-29)37(45)33-5-1-3-7-35(33)39(47)43-31-21-13-25(14-22-31)26-15-23-32(24-16-26)44-40(48)36-8-4-2-6-34(36)38(46)28-11-19-30(42)20-12-28/h1-24H,(H,43,47)(H,44,48). The number of amides is 2. The smallest absolute Gasteiger partial charge is 0.256 e. The van der Waals surface area contributed by atoms with Gasteiger partial charge in [-0.3, -0.25) is 19.2 Å². The van der Waals surface area contributed by atoms with Gasteiger partial charge in [0, 0.05) is 43.7 Å². The zero-order valence-electron chi connectivity index (χ0n) is 25.2. The Morgan fingerprint density at radius 1 is 0.375 bits per heavy atom. The summed E-state index contributed by atoms with van der Waals surface area (Å²) in [6, 6.07) is 41.0. The Kier molecular flexibility index (Phi) is 9.57. The number of hydrogen-bond donors (Lipinski definition) is 2. The second kappa shape index (κ2) is 14.3. The molecule has 0 fully saturated rings. The van der Waals surface area contributed by atoms with Gasteiger partial charge in [0.05, 0.1) is 11.1 Å². The highest BCUT2D eigenvalue weighted by molar-refractivity contribution is 6.31. The lowest BCUT2D eigenvalue weighted by Gasteiger charge is -2.11. The van der Waals surface area contributed by atoms with Crippen LogP contribution in [0.4, 0.5) is 11.4 Å². The van der Waals surface area contributed by atoms with Gasteiger partial charge in [-0.2, -0.15) is 0 Å². The van der Waals surface area contributed by atoms with Gasteiger partial charge in [-0.05, 0) is 96.1 Å². The van der Waals surface area contributed by atoms with Crippen LogP contribution in [0.25, 0.3) is 11.1 Å². The van der Waals surface area contributed by atoms with Crippen molar-refractivity contribution in [3.63, 3.8) is 0 Å². The molecule has 6 rings (SSSR count). The molecule has 0 atom stereocenters. The first kappa shape index (κ1) is 32.1. The highest BCUT2D eigenvalue weighted by Crippen LogP contribution is 2.25. The van der Waals surface area contributed by atoms with E-state index >= 15 is 0 Å². The molecule has 0 bridgehead atoms. The molecule has 0 aliphatic carbocycles. The fraction of sp³-hybridized carbons (Fsp3) is 0. The number of hydrogen-bond acceptors (Lipinski definition) is 4. The van der Waals surface area contributed by atoms with Crippen LogP contribution in [0.1, 0.15) is 52.6 Å². The van der Waals surface area contributed by atoms with E-state index in [1.165, 1.54) is 0 Å². The van der Waals surface area contributed by atoms with E-state index in [1.54, 1.807) is 121 Å². The van der Waals surface area contributed by atoms with E-state index < -0.39 is 11.8 Å². The number of carbonyl (C=O) groups excluding carboxylic acids is 4. The number of nitrogens with one attached hydrogen (secondary N) is 2. The summed E-state index contributed by atoms with van der Waals surface area (Å²) < 4.78 is 0. The highest BCUT2D eigenvalue weighted by atomic mass is 35.5. The summed E-state index contributed by atoms with van der Waals surface area (Å²) >= 11 is 11.9. The molecule has 0 saturated heterocycles. The number of ketones is 2. The summed E-state index contributed by atoms with van der Waals surface area (Å²) in [6.07, 6.45) is 0. The Balaban J connectivity index is 1.12. The lowest BCUT2D eigenvalue weighted by molar-refractivity contribution is 0.0996. The van der Waals surface area contributed by atoms with Crippen LogP contribution in [0.3, 0.4) is 0 Å². The molecule has 0 unspecified atom stereocenters. The van der Waals surface area contributed by atoms with Crippen LogP contribution in [-0.2, 0) is 0 Å². The summed E-state index contributed by atoms with van der Waals surface area (Å²) in [5.41, 5.74) is 4.88. The lowest BCUT2D eigenvalue weighted by atomic mass is 9.97. The van der Waals surface area contributed by atoms with E-state index in [2.05, 4.69) is 10.6 Å². The zero-order chi connectivity index (χ0) is 33.6. The SMILES string of the molecule is O=C(Nc1ccc(-c2ccc(NC(=O)c3ccccc3C(=O)c3ccc(Cl)cc3)cc2)cc1)c1ccccc1C(=O)c1ccc(Cl)cc1. The number of rotatable bonds is 9. The number of anilines is 2. The third kappa shape index (κ3) is 7.26. The Morgan fingerprint density at radius 3 is 1.02 bits per heavy atom. The van der Waals surface area contributed by atoms with Gasteiger partial charge in [0.15, 0.2) is 11.6 Å². The molecule has 0 aliphatic heterocycles. The van der Waals surface area contributed by atoms with Crippen molar-refractivity contribution in [1.82, 2.24) is 0 Å². The van der Waals surface area contributed by atoms with Crippen LogP contribution in [0.2, 0.25) is 10.0 Å². The normalized spacial score (nSPS) is 10.6. The Morgan fingerprint density at radius 2 is 0.688 bits per heavy atom. The first-order valence-electron chi connectivity index (χ1n) is 14.9. The van der Waals surface area contributed by atoms with Crippen molar-refractivity contribution in [2.75, 3.05) is 10.6 Å². The van der Waals surface area contributed by atoms with Crippen LogP contribution >= 0.6 is 23.2 Å². The van der Waals surface area contributed by atoms with Crippen molar-refractivity contribution in [1.29, 1.82) is 0 Å². The van der Waals surface area contributed by atoms with Gasteiger partial charge in [-0.25, -0.2) is 0 Å². The molecule has 48 heavy (non-hydrogen) atoms. The van der Waals surface area contributed by atoms with E-state index in [4.69, 9.17) is 23.2 Å². The molecule has 0 heterocycles. The molecule has 6 aromatic carbocycles. The Hall–Kier alpha value is -5.82. The molecule has 8 heteroatoms. The fourth-order valence-corrected chi connectivity index (χ4v) is 5.41. The van der Waals surface area contributed by atoms with Crippen LogP contribution in [0.15, 0.2) is 146 Å². The monoisotopic (exact) mass is 668 g/mol. The zero-order valence-corrected chi connectivity index (χ0v) is 26.8. The van der Waals surface area contributed by atoms with Crippen molar-refractivity contribution in [2.45, 2.75) is 0 Å². The molecule has 0 radical (unpaired) electrons.